The van der Waals surface area contributed by atoms with E-state index in [1.165, 1.54) is 0 Å². The number of halogens is 1. The third-order valence-corrected chi connectivity index (χ3v) is 2.99. The van der Waals surface area contributed by atoms with Crippen LogP contribution in [0.3, 0.4) is 0 Å². The molecule has 0 atom stereocenters. The number of rotatable bonds is 3. The number of aryl methyl sites for hydroxylation is 1. The maximum Gasteiger partial charge on any atom is 0.209 e. The van der Waals surface area contributed by atoms with Gasteiger partial charge in [0.2, 0.25) is 8.27 Å². The fraction of sp³-hybridized carbons (Fsp3) is 0.286. The molecule has 0 amide bonds. The molecule has 0 N–H and O–H groups in total. The Bertz CT molecular complexity index is 336. The molecule has 0 saturated heterocycles. The van der Waals surface area contributed by atoms with Gasteiger partial charge in [-0.3, -0.25) is 4.98 Å². The molecule has 0 bridgehead atoms. The third kappa shape index (κ3) is 3.82. The van der Waals surface area contributed by atoms with Crippen molar-refractivity contribution in [2.24, 2.45) is 0 Å². The second kappa shape index (κ2) is 4.00. The summed E-state index contributed by atoms with van der Waals surface area (Å²) in [7, 11) is -3.05. The molecule has 1 aromatic rings. The fourth-order valence-corrected chi connectivity index (χ4v) is 1.71. The van der Waals surface area contributed by atoms with E-state index in [-0.39, 0.29) is 5.75 Å². The van der Waals surface area contributed by atoms with Gasteiger partial charge in [-0.15, -0.1) is 0 Å². The lowest BCUT2D eigenvalue weighted by Crippen LogP contribution is -2.01. The van der Waals surface area contributed by atoms with E-state index in [4.69, 9.17) is 0 Å². The zero-order valence-electron chi connectivity index (χ0n) is 6.27. The molecule has 0 aromatic carbocycles. The lowest BCUT2D eigenvalue weighted by molar-refractivity contribution is 0.610. The van der Waals surface area contributed by atoms with Gasteiger partial charge in [0.05, 0.1) is 20.6 Å². The van der Waals surface area contributed by atoms with Gasteiger partial charge in [0.25, 0.3) is 0 Å². The quantitative estimate of drug-likeness (QED) is 0.761. The highest BCUT2D eigenvalue weighted by atomic mass is 79.9. The van der Waals surface area contributed by atoms with E-state index in [0.29, 0.717) is 6.42 Å². The molecular formula is C7H8BrNO2S. The van der Waals surface area contributed by atoms with Crippen molar-refractivity contribution in [1.82, 2.24) is 4.98 Å². The third-order valence-electron chi connectivity index (χ3n) is 1.33. The molecule has 0 saturated carbocycles. The zero-order valence-corrected chi connectivity index (χ0v) is 8.68. The van der Waals surface area contributed by atoms with Crippen molar-refractivity contribution >= 4 is 23.1 Å². The minimum Gasteiger partial charge on any atom is -0.261 e. The summed E-state index contributed by atoms with van der Waals surface area (Å²) >= 11 is 2.58. The van der Waals surface area contributed by atoms with E-state index in [2.05, 4.69) is 19.8 Å². The predicted octanol–water partition coefficient (Wildman–Crippen LogP) is 1.35. The molecule has 12 heavy (non-hydrogen) atoms. The summed E-state index contributed by atoms with van der Waals surface area (Å²) in [5, 5.41) is 0. The summed E-state index contributed by atoms with van der Waals surface area (Å²) in [5.41, 5.74) is 0.792. The summed E-state index contributed by atoms with van der Waals surface area (Å²) < 4.78 is 21.4. The van der Waals surface area contributed by atoms with Gasteiger partial charge in [0.1, 0.15) is 0 Å². The molecule has 0 aliphatic carbocycles. The van der Waals surface area contributed by atoms with E-state index < -0.39 is 8.27 Å². The average molecular weight is 250 g/mol. The van der Waals surface area contributed by atoms with E-state index in [9.17, 15) is 8.42 Å². The number of pyridine rings is 1. The zero-order chi connectivity index (χ0) is 9.03. The number of hydrogen-bond donors (Lipinski definition) is 0. The van der Waals surface area contributed by atoms with Crippen molar-refractivity contribution in [2.45, 2.75) is 6.42 Å². The van der Waals surface area contributed by atoms with E-state index in [0.717, 1.165) is 5.69 Å². The Labute approximate surface area is 78.9 Å². The van der Waals surface area contributed by atoms with Gasteiger partial charge in [-0.25, -0.2) is 8.42 Å². The van der Waals surface area contributed by atoms with Crippen LogP contribution in [0.1, 0.15) is 5.69 Å². The monoisotopic (exact) mass is 249 g/mol. The first-order valence-corrected chi connectivity index (χ1v) is 6.90. The fourth-order valence-electron chi connectivity index (χ4n) is 0.772. The Morgan fingerprint density at radius 1 is 1.42 bits per heavy atom. The molecule has 1 heterocycles. The van der Waals surface area contributed by atoms with Crippen molar-refractivity contribution in [2.75, 3.05) is 5.75 Å². The van der Waals surface area contributed by atoms with Crippen LogP contribution in [0, 0.1) is 0 Å². The van der Waals surface area contributed by atoms with Crippen LogP contribution < -0.4 is 0 Å². The molecule has 1 rings (SSSR count). The summed E-state index contributed by atoms with van der Waals surface area (Å²) in [4.78, 5) is 4.00. The molecule has 1 aromatic heterocycles. The van der Waals surface area contributed by atoms with E-state index in [1.807, 2.05) is 6.07 Å². The Balaban J connectivity index is 2.56. The van der Waals surface area contributed by atoms with Crippen LogP contribution in [0.2, 0.25) is 0 Å². The van der Waals surface area contributed by atoms with Crippen molar-refractivity contribution in [1.29, 1.82) is 0 Å². The lowest BCUT2D eigenvalue weighted by atomic mass is 10.3. The van der Waals surface area contributed by atoms with E-state index >= 15 is 0 Å². The van der Waals surface area contributed by atoms with Crippen LogP contribution in [-0.4, -0.2) is 19.2 Å². The molecule has 3 nitrogen and oxygen atoms in total. The Morgan fingerprint density at radius 2 is 2.17 bits per heavy atom. The highest BCUT2D eigenvalue weighted by Crippen LogP contribution is 2.04. The predicted molar refractivity (Wildman–Crippen MR) is 50.7 cm³/mol. The Kier molecular flexibility index (Phi) is 3.22. The number of nitrogens with zero attached hydrogens (tertiary/aromatic N) is 1. The van der Waals surface area contributed by atoms with Crippen LogP contribution >= 0.6 is 14.8 Å². The topological polar surface area (TPSA) is 47.0 Å². The normalized spacial score (nSPS) is 11.4. The molecule has 0 unspecified atom stereocenters. The minimum absolute atomic E-state index is 0.0873. The summed E-state index contributed by atoms with van der Waals surface area (Å²) in [5.74, 6) is 0.0873. The molecule has 0 fully saturated rings. The second-order valence-electron chi connectivity index (χ2n) is 2.31. The molecule has 0 aliphatic heterocycles. The highest BCUT2D eigenvalue weighted by Gasteiger charge is 2.04. The summed E-state index contributed by atoms with van der Waals surface area (Å²) in [6, 6.07) is 5.44. The van der Waals surface area contributed by atoms with Crippen molar-refractivity contribution in [3.63, 3.8) is 0 Å². The maximum atomic E-state index is 10.7. The second-order valence-corrected chi connectivity index (χ2v) is 6.76. The first kappa shape index (κ1) is 9.67. The van der Waals surface area contributed by atoms with Gasteiger partial charge in [0.15, 0.2) is 0 Å². The van der Waals surface area contributed by atoms with Gasteiger partial charge in [0, 0.05) is 18.3 Å². The lowest BCUT2D eigenvalue weighted by Gasteiger charge is -1.96. The highest BCUT2D eigenvalue weighted by molar-refractivity contribution is 9.47. The van der Waals surface area contributed by atoms with Crippen molar-refractivity contribution in [3.05, 3.63) is 30.1 Å². The first-order chi connectivity index (χ1) is 5.58. The van der Waals surface area contributed by atoms with Gasteiger partial charge in [-0.1, -0.05) is 6.07 Å². The van der Waals surface area contributed by atoms with Gasteiger partial charge in [-0.2, -0.15) is 0 Å². The van der Waals surface area contributed by atoms with Crippen molar-refractivity contribution in [3.8, 4) is 0 Å². The SMILES string of the molecule is O=S(=O)(Br)CCc1ccccn1. The average Bonchev–Trinajstić information content (AvgIpc) is 2.02. The maximum absolute atomic E-state index is 10.7. The standard InChI is InChI=1S/C7H8BrNO2S/c8-12(10,11)6-4-7-3-1-2-5-9-7/h1-3,5H,4,6H2. The summed E-state index contributed by atoms with van der Waals surface area (Å²) in [6.45, 7) is 0. The Hall–Kier alpha value is -0.420. The number of aromatic nitrogens is 1. The van der Waals surface area contributed by atoms with Gasteiger partial charge >= 0.3 is 0 Å². The first-order valence-electron chi connectivity index (χ1n) is 3.40. The van der Waals surface area contributed by atoms with E-state index in [1.54, 1.807) is 18.3 Å². The largest absolute Gasteiger partial charge is 0.261 e. The molecule has 0 aliphatic rings. The Morgan fingerprint density at radius 3 is 2.67 bits per heavy atom. The minimum atomic E-state index is -3.05. The summed E-state index contributed by atoms with van der Waals surface area (Å²) in [6.07, 6.45) is 2.10. The molecule has 0 spiro atoms. The molecule has 66 valence electrons. The molecular weight excluding hydrogens is 242 g/mol. The molecule has 0 radical (unpaired) electrons. The molecule has 5 heteroatoms. The van der Waals surface area contributed by atoms with Crippen molar-refractivity contribution < 1.29 is 8.42 Å². The van der Waals surface area contributed by atoms with Gasteiger partial charge in [-0.05, 0) is 12.1 Å². The number of hydrogen-bond acceptors (Lipinski definition) is 3. The van der Waals surface area contributed by atoms with Crippen LogP contribution in [0.5, 0.6) is 0 Å². The smallest absolute Gasteiger partial charge is 0.209 e. The van der Waals surface area contributed by atoms with Crippen LogP contribution in [0.25, 0.3) is 0 Å². The van der Waals surface area contributed by atoms with Gasteiger partial charge < -0.3 is 0 Å². The van der Waals surface area contributed by atoms with Crippen LogP contribution in [0.15, 0.2) is 24.4 Å². The van der Waals surface area contributed by atoms with Crippen LogP contribution in [0.4, 0.5) is 0 Å². The van der Waals surface area contributed by atoms with Crippen LogP contribution in [-0.2, 0) is 14.7 Å².